The number of rotatable bonds is 6. The fourth-order valence-corrected chi connectivity index (χ4v) is 3.13. The lowest BCUT2D eigenvalue weighted by molar-refractivity contribution is -0.0493. The third-order valence-electron chi connectivity index (χ3n) is 2.86. The summed E-state index contributed by atoms with van der Waals surface area (Å²) in [6.45, 7) is 0.849. The van der Waals surface area contributed by atoms with Crippen LogP contribution >= 0.6 is 0 Å². The number of anilines is 1. The molecular formula is C13H15F2N3O3S. The van der Waals surface area contributed by atoms with Crippen molar-refractivity contribution in [2.24, 2.45) is 0 Å². The molecule has 0 fully saturated rings. The molecular weight excluding hydrogens is 316 g/mol. The molecule has 0 saturated heterocycles. The maximum atomic E-state index is 12.4. The monoisotopic (exact) mass is 331 g/mol. The average Bonchev–Trinajstić information content (AvgIpc) is 2.82. The molecule has 9 heteroatoms. The summed E-state index contributed by atoms with van der Waals surface area (Å²) in [6, 6.07) is 5.58. The van der Waals surface area contributed by atoms with Crippen molar-refractivity contribution >= 4 is 15.7 Å². The van der Waals surface area contributed by atoms with Crippen LogP contribution in [0.1, 0.15) is 12.6 Å². The maximum absolute atomic E-state index is 12.4. The van der Waals surface area contributed by atoms with Crippen LogP contribution in [0.15, 0.2) is 35.4 Å². The van der Waals surface area contributed by atoms with E-state index in [0.29, 0.717) is 12.2 Å². The van der Waals surface area contributed by atoms with E-state index in [1.807, 2.05) is 6.92 Å². The van der Waals surface area contributed by atoms with Crippen LogP contribution in [0.25, 0.3) is 0 Å². The van der Waals surface area contributed by atoms with Crippen molar-refractivity contribution in [1.29, 1.82) is 0 Å². The van der Waals surface area contributed by atoms with Gasteiger partial charge in [-0.1, -0.05) is 12.1 Å². The Morgan fingerprint density at radius 2 is 2.05 bits per heavy atom. The van der Waals surface area contributed by atoms with Crippen LogP contribution in [0.2, 0.25) is 0 Å². The van der Waals surface area contributed by atoms with E-state index in [-0.39, 0.29) is 16.3 Å². The van der Waals surface area contributed by atoms with Crippen LogP contribution < -0.4 is 9.46 Å². The number of aromatic nitrogens is 2. The number of halogens is 2. The fraction of sp³-hybridized carbons (Fsp3) is 0.308. The first-order valence-electron chi connectivity index (χ1n) is 6.44. The molecule has 0 amide bonds. The highest BCUT2D eigenvalue weighted by Gasteiger charge is 2.22. The van der Waals surface area contributed by atoms with Crippen LogP contribution in [0.3, 0.4) is 0 Å². The summed E-state index contributed by atoms with van der Waals surface area (Å²) in [7, 11) is -3.95. The summed E-state index contributed by atoms with van der Waals surface area (Å²) in [4.78, 5) is -0.0128. The molecule has 22 heavy (non-hydrogen) atoms. The van der Waals surface area contributed by atoms with Gasteiger partial charge in [0, 0.05) is 12.7 Å². The molecule has 2 aromatic rings. The molecule has 120 valence electrons. The van der Waals surface area contributed by atoms with E-state index in [2.05, 4.69) is 14.6 Å². The Balaban J connectivity index is 2.35. The zero-order valence-electron chi connectivity index (χ0n) is 12.0. The Morgan fingerprint density at radius 1 is 1.36 bits per heavy atom. The first-order valence-corrected chi connectivity index (χ1v) is 7.92. The van der Waals surface area contributed by atoms with Gasteiger partial charge in [0.1, 0.15) is 10.6 Å². The Morgan fingerprint density at radius 3 is 2.64 bits per heavy atom. The molecule has 0 spiro atoms. The van der Waals surface area contributed by atoms with E-state index in [0.717, 1.165) is 0 Å². The first kappa shape index (κ1) is 16.2. The predicted octanol–water partition coefficient (Wildman–Crippen LogP) is 2.61. The lowest BCUT2D eigenvalue weighted by Crippen LogP contribution is -2.15. The van der Waals surface area contributed by atoms with Crippen LogP contribution in [-0.4, -0.2) is 24.8 Å². The van der Waals surface area contributed by atoms with Gasteiger partial charge in [-0.15, -0.1) is 0 Å². The standard InChI is InChI=1S/C13H15F2N3O3S/c1-3-18-8-12(9(2)16-18)22(19,20)17-10-6-4-5-7-11(10)21-13(14)15/h4-8,13,17H,3H2,1-2H3. The van der Waals surface area contributed by atoms with Gasteiger partial charge in [-0.05, 0) is 26.0 Å². The highest BCUT2D eigenvalue weighted by atomic mass is 32.2. The van der Waals surface area contributed by atoms with Crippen molar-refractivity contribution in [3.05, 3.63) is 36.2 Å². The summed E-state index contributed by atoms with van der Waals surface area (Å²) < 4.78 is 57.5. The summed E-state index contributed by atoms with van der Waals surface area (Å²) in [5.41, 5.74) is 0.257. The average molecular weight is 331 g/mol. The Bertz CT molecular complexity index is 760. The van der Waals surface area contributed by atoms with E-state index >= 15 is 0 Å². The van der Waals surface area contributed by atoms with Crippen molar-refractivity contribution in [2.45, 2.75) is 31.9 Å². The highest BCUT2D eigenvalue weighted by Crippen LogP contribution is 2.28. The molecule has 0 aliphatic heterocycles. The number of alkyl halides is 2. The van der Waals surface area contributed by atoms with Gasteiger partial charge in [-0.2, -0.15) is 13.9 Å². The Labute approximate surface area is 126 Å². The second kappa shape index (κ2) is 6.30. The Hall–Kier alpha value is -2.16. The summed E-state index contributed by atoms with van der Waals surface area (Å²) >= 11 is 0. The number of nitrogens with one attached hydrogen (secondary N) is 1. The molecule has 6 nitrogen and oxygen atoms in total. The molecule has 1 heterocycles. The van der Waals surface area contributed by atoms with E-state index in [1.165, 1.54) is 35.1 Å². The highest BCUT2D eigenvalue weighted by molar-refractivity contribution is 7.92. The van der Waals surface area contributed by atoms with Crippen molar-refractivity contribution in [3.63, 3.8) is 0 Å². The number of aryl methyl sites for hydroxylation is 2. The topological polar surface area (TPSA) is 73.2 Å². The molecule has 0 unspecified atom stereocenters. The van der Waals surface area contributed by atoms with Gasteiger partial charge in [0.15, 0.2) is 0 Å². The number of benzene rings is 1. The second-order valence-corrected chi connectivity index (χ2v) is 6.07. The number of hydrogen-bond acceptors (Lipinski definition) is 4. The van der Waals surface area contributed by atoms with Gasteiger partial charge in [0.05, 0.1) is 11.4 Å². The van der Waals surface area contributed by atoms with Crippen molar-refractivity contribution in [2.75, 3.05) is 4.72 Å². The number of ether oxygens (including phenoxy) is 1. The van der Waals surface area contributed by atoms with Crippen molar-refractivity contribution in [1.82, 2.24) is 9.78 Å². The van der Waals surface area contributed by atoms with Gasteiger partial charge in [-0.25, -0.2) is 8.42 Å². The normalized spacial score (nSPS) is 11.7. The van der Waals surface area contributed by atoms with E-state index in [1.54, 1.807) is 6.92 Å². The SMILES string of the molecule is CCn1cc(S(=O)(=O)Nc2ccccc2OC(F)F)c(C)n1. The molecule has 1 N–H and O–H groups in total. The van der Waals surface area contributed by atoms with Crippen LogP contribution in [0.5, 0.6) is 5.75 Å². The number of para-hydroxylation sites is 2. The molecule has 0 saturated carbocycles. The van der Waals surface area contributed by atoms with E-state index in [4.69, 9.17) is 0 Å². The van der Waals surface area contributed by atoms with Crippen molar-refractivity contribution < 1.29 is 21.9 Å². The number of nitrogens with zero attached hydrogens (tertiary/aromatic N) is 2. The fourth-order valence-electron chi connectivity index (χ4n) is 1.87. The summed E-state index contributed by atoms with van der Waals surface area (Å²) in [6.07, 6.45) is 1.38. The summed E-state index contributed by atoms with van der Waals surface area (Å²) in [5.74, 6) is -0.249. The summed E-state index contributed by atoms with van der Waals surface area (Å²) in [5, 5.41) is 4.05. The molecule has 0 aliphatic rings. The minimum atomic E-state index is -3.95. The zero-order valence-corrected chi connectivity index (χ0v) is 12.8. The van der Waals surface area contributed by atoms with Gasteiger partial charge >= 0.3 is 6.61 Å². The third-order valence-corrected chi connectivity index (χ3v) is 4.33. The minimum Gasteiger partial charge on any atom is -0.433 e. The Kier molecular flexibility index (Phi) is 4.65. The van der Waals surface area contributed by atoms with Gasteiger partial charge in [0.25, 0.3) is 10.0 Å². The molecule has 1 aromatic heterocycles. The van der Waals surface area contributed by atoms with Gasteiger partial charge < -0.3 is 4.74 Å². The lowest BCUT2D eigenvalue weighted by atomic mass is 10.3. The molecule has 0 atom stereocenters. The van der Waals surface area contributed by atoms with Crippen molar-refractivity contribution in [3.8, 4) is 5.75 Å². The quantitative estimate of drug-likeness (QED) is 0.883. The van der Waals surface area contributed by atoms with E-state index < -0.39 is 16.6 Å². The van der Waals surface area contributed by atoms with Crippen LogP contribution in [0.4, 0.5) is 14.5 Å². The van der Waals surface area contributed by atoms with E-state index in [9.17, 15) is 17.2 Å². The molecule has 0 aliphatic carbocycles. The third kappa shape index (κ3) is 3.53. The van der Waals surface area contributed by atoms with Gasteiger partial charge in [0.2, 0.25) is 0 Å². The van der Waals surface area contributed by atoms with Crippen LogP contribution in [0, 0.1) is 6.92 Å². The number of sulfonamides is 1. The zero-order chi connectivity index (χ0) is 16.3. The predicted molar refractivity (Wildman–Crippen MR) is 76.5 cm³/mol. The van der Waals surface area contributed by atoms with Crippen LogP contribution in [-0.2, 0) is 16.6 Å². The minimum absolute atomic E-state index is 0.0128. The molecule has 0 radical (unpaired) electrons. The second-order valence-electron chi connectivity index (χ2n) is 4.41. The van der Waals surface area contributed by atoms with Gasteiger partial charge in [-0.3, -0.25) is 9.40 Å². The lowest BCUT2D eigenvalue weighted by Gasteiger charge is -2.12. The smallest absolute Gasteiger partial charge is 0.387 e. The first-order chi connectivity index (χ1) is 10.3. The molecule has 1 aromatic carbocycles. The largest absolute Gasteiger partial charge is 0.433 e. The molecule has 0 bridgehead atoms. The number of hydrogen-bond donors (Lipinski definition) is 1. The maximum Gasteiger partial charge on any atom is 0.387 e. The molecule has 2 rings (SSSR count).